The number of rotatable bonds is 16. The number of allylic oxidation sites excluding steroid dienone is 1. The van der Waals surface area contributed by atoms with Crippen LogP contribution in [0.1, 0.15) is 82.8 Å². The van der Waals surface area contributed by atoms with Gasteiger partial charge >= 0.3 is 5.97 Å². The van der Waals surface area contributed by atoms with E-state index in [4.69, 9.17) is 23.7 Å². The molecule has 0 N–H and O–H groups in total. The summed E-state index contributed by atoms with van der Waals surface area (Å²) in [6.07, 6.45) is 10.9. The van der Waals surface area contributed by atoms with E-state index in [-0.39, 0.29) is 0 Å². The molecule has 1 aliphatic rings. The molecule has 1 aliphatic heterocycles. The van der Waals surface area contributed by atoms with Gasteiger partial charge < -0.3 is 23.7 Å². The van der Waals surface area contributed by atoms with Gasteiger partial charge in [-0.05, 0) is 60.9 Å². The smallest absolute Gasteiger partial charge is 0.336 e. The molecule has 7 heteroatoms. The maximum atomic E-state index is 12.3. The summed E-state index contributed by atoms with van der Waals surface area (Å²) >= 11 is 0. The van der Waals surface area contributed by atoms with Crippen molar-refractivity contribution in [3.8, 4) is 29.1 Å². The van der Waals surface area contributed by atoms with Crippen LogP contribution < -0.4 is 18.9 Å². The third-order valence-electron chi connectivity index (χ3n) is 6.61. The van der Waals surface area contributed by atoms with Crippen molar-refractivity contribution >= 4 is 17.6 Å². The third-order valence-corrected chi connectivity index (χ3v) is 6.61. The van der Waals surface area contributed by atoms with Crippen LogP contribution in [0.4, 0.5) is 0 Å². The second-order valence-corrected chi connectivity index (χ2v) is 9.94. The van der Waals surface area contributed by atoms with Gasteiger partial charge in [-0.15, -0.1) is 0 Å². The van der Waals surface area contributed by atoms with Crippen molar-refractivity contribution in [1.82, 2.24) is 0 Å². The zero-order valence-corrected chi connectivity index (χ0v) is 24.0. The average molecular weight is 548 g/mol. The molecule has 1 atom stereocenters. The zero-order chi connectivity index (χ0) is 28.7. The molecule has 0 aromatic heterocycles. The molecule has 0 amide bonds. The van der Waals surface area contributed by atoms with E-state index in [9.17, 15) is 10.1 Å². The molecule has 0 saturated carbocycles. The number of hydrogen-bond acceptors (Lipinski definition) is 7. The number of fused-ring (bicyclic) bond motifs is 1. The summed E-state index contributed by atoms with van der Waals surface area (Å²) in [5.74, 6) is 1.73. The third kappa shape index (κ3) is 9.37. The number of nitriles is 1. The number of nitrogens with zero attached hydrogens (tertiary/aromatic N) is 1. The number of methoxy groups -OCH3 is 1. The highest BCUT2D eigenvalue weighted by molar-refractivity contribution is 5.90. The van der Waals surface area contributed by atoms with Crippen LogP contribution >= 0.6 is 0 Å². The Morgan fingerprint density at radius 3 is 2.38 bits per heavy atom. The Labute approximate surface area is 238 Å². The molecule has 0 aliphatic carbocycles. The normalized spacial score (nSPS) is 13.2. The molecule has 2 aromatic rings. The Morgan fingerprint density at radius 2 is 1.70 bits per heavy atom. The zero-order valence-electron chi connectivity index (χ0n) is 24.0. The lowest BCUT2D eigenvalue weighted by atomic mass is 10.0. The lowest BCUT2D eigenvalue weighted by Crippen LogP contribution is -2.25. The molecular formula is C33H41NO6. The summed E-state index contributed by atoms with van der Waals surface area (Å²) < 4.78 is 28.6. The molecule has 0 saturated heterocycles. The van der Waals surface area contributed by atoms with Crippen LogP contribution in [0.3, 0.4) is 0 Å². The molecule has 1 unspecified atom stereocenters. The summed E-state index contributed by atoms with van der Waals surface area (Å²) in [6, 6.07) is 13.1. The number of carbonyl (C=O) groups excluding carboxylic acids is 1. The maximum Gasteiger partial charge on any atom is 0.336 e. The molecule has 214 valence electrons. The Kier molecular flexibility index (Phi) is 12.4. The lowest BCUT2D eigenvalue weighted by molar-refractivity contribution is -0.159. The van der Waals surface area contributed by atoms with Gasteiger partial charge in [0.05, 0.1) is 18.8 Å². The fourth-order valence-electron chi connectivity index (χ4n) is 4.38. The van der Waals surface area contributed by atoms with Gasteiger partial charge in [-0.25, -0.2) is 4.79 Å². The molecule has 0 fully saturated rings. The summed E-state index contributed by atoms with van der Waals surface area (Å²) in [5, 5.41) is 9.90. The molecule has 0 bridgehead atoms. The fraction of sp³-hybridized carbons (Fsp3) is 0.455. The van der Waals surface area contributed by atoms with Crippen molar-refractivity contribution in [1.29, 1.82) is 5.26 Å². The predicted octanol–water partition coefficient (Wildman–Crippen LogP) is 7.89. The monoisotopic (exact) mass is 547 g/mol. The second kappa shape index (κ2) is 16.2. The highest BCUT2D eigenvalue weighted by atomic mass is 16.7. The number of esters is 1. The van der Waals surface area contributed by atoms with Crippen LogP contribution in [0.5, 0.6) is 23.0 Å². The Morgan fingerprint density at radius 1 is 1.00 bits per heavy atom. The van der Waals surface area contributed by atoms with Crippen LogP contribution in [-0.2, 0) is 9.53 Å². The number of unbranched alkanes of at least 4 members (excludes halogenated alkanes) is 7. The summed E-state index contributed by atoms with van der Waals surface area (Å²) in [6.45, 7) is 8.53. The van der Waals surface area contributed by atoms with Gasteiger partial charge in [0.25, 0.3) is 0 Å². The van der Waals surface area contributed by atoms with Gasteiger partial charge in [0, 0.05) is 12.0 Å². The van der Waals surface area contributed by atoms with Crippen molar-refractivity contribution in [2.24, 2.45) is 0 Å². The lowest BCUT2D eigenvalue weighted by Gasteiger charge is -2.21. The summed E-state index contributed by atoms with van der Waals surface area (Å²) in [4.78, 5) is 12.3. The van der Waals surface area contributed by atoms with Crippen molar-refractivity contribution in [2.45, 2.75) is 77.9 Å². The van der Waals surface area contributed by atoms with E-state index in [1.54, 1.807) is 31.2 Å². The molecule has 0 spiro atoms. The first kappa shape index (κ1) is 30.6. The van der Waals surface area contributed by atoms with Crippen LogP contribution in [0.25, 0.3) is 11.6 Å². The topological polar surface area (TPSA) is 87.0 Å². The van der Waals surface area contributed by atoms with Crippen molar-refractivity contribution in [3.05, 3.63) is 59.7 Å². The molecule has 1 heterocycles. The van der Waals surface area contributed by atoms with Gasteiger partial charge in [0.2, 0.25) is 6.29 Å². The van der Waals surface area contributed by atoms with Crippen molar-refractivity contribution in [2.75, 3.05) is 20.3 Å². The maximum absolute atomic E-state index is 12.3. The number of hydrogen-bond donors (Lipinski definition) is 0. The Bertz CT molecular complexity index is 1210. The minimum Gasteiger partial charge on any atom is -0.493 e. The molecular weight excluding hydrogens is 506 g/mol. The highest BCUT2D eigenvalue weighted by Gasteiger charge is 2.20. The fourth-order valence-corrected chi connectivity index (χ4v) is 4.38. The molecule has 40 heavy (non-hydrogen) atoms. The van der Waals surface area contributed by atoms with E-state index in [2.05, 4.69) is 19.6 Å². The first-order valence-electron chi connectivity index (χ1n) is 14.2. The van der Waals surface area contributed by atoms with E-state index in [1.165, 1.54) is 39.2 Å². The van der Waals surface area contributed by atoms with Gasteiger partial charge in [-0.3, -0.25) is 0 Å². The van der Waals surface area contributed by atoms with Crippen LogP contribution in [-0.4, -0.2) is 32.6 Å². The van der Waals surface area contributed by atoms with Crippen LogP contribution in [0, 0.1) is 11.3 Å². The Hall–Kier alpha value is -3.92. The van der Waals surface area contributed by atoms with Gasteiger partial charge in [-0.1, -0.05) is 64.5 Å². The van der Waals surface area contributed by atoms with E-state index < -0.39 is 12.3 Å². The first-order valence-corrected chi connectivity index (χ1v) is 14.2. The van der Waals surface area contributed by atoms with E-state index in [1.807, 2.05) is 18.2 Å². The van der Waals surface area contributed by atoms with Crippen LogP contribution in [0.15, 0.2) is 48.6 Å². The summed E-state index contributed by atoms with van der Waals surface area (Å²) in [7, 11) is 1.54. The standard InChI is InChI=1S/C33H41NO6/c1-5-6-7-8-9-10-11-12-13-32(40-33(35)24(2)3)39-29-17-15-26(22-30(29)36-4)27(23-34)20-25-14-16-28-31(21-25)38-19-18-37-28/h14-17,20-22,32H,2,5-13,18-19H2,1,3-4H3. The minimum absolute atomic E-state index is 0.315. The van der Waals surface area contributed by atoms with E-state index in [0.717, 1.165) is 24.8 Å². The Balaban J connectivity index is 1.70. The number of carbonyl (C=O) groups is 1. The van der Waals surface area contributed by atoms with E-state index >= 15 is 0 Å². The second-order valence-electron chi connectivity index (χ2n) is 9.94. The first-order chi connectivity index (χ1) is 19.4. The van der Waals surface area contributed by atoms with Gasteiger partial charge in [-0.2, -0.15) is 5.26 Å². The quantitative estimate of drug-likeness (QED) is 0.0527. The predicted molar refractivity (Wildman–Crippen MR) is 156 cm³/mol. The molecule has 7 nitrogen and oxygen atoms in total. The highest BCUT2D eigenvalue weighted by Crippen LogP contribution is 2.35. The van der Waals surface area contributed by atoms with Gasteiger partial charge in [0.15, 0.2) is 23.0 Å². The number of benzene rings is 2. The summed E-state index contributed by atoms with van der Waals surface area (Å²) in [5.41, 5.74) is 2.25. The molecule has 0 radical (unpaired) electrons. The minimum atomic E-state index is -0.771. The number of ether oxygens (including phenoxy) is 5. The van der Waals surface area contributed by atoms with Crippen LogP contribution in [0.2, 0.25) is 0 Å². The molecule has 2 aromatic carbocycles. The van der Waals surface area contributed by atoms with Crippen molar-refractivity contribution in [3.63, 3.8) is 0 Å². The SMILES string of the molecule is C=C(C)C(=O)OC(CCCCCCCCCC)Oc1ccc(C(C#N)=Cc2ccc3c(c2)OCCO3)cc1OC. The van der Waals surface area contributed by atoms with E-state index in [0.29, 0.717) is 59.3 Å². The average Bonchev–Trinajstić information content (AvgIpc) is 2.97. The van der Waals surface area contributed by atoms with Crippen molar-refractivity contribution < 1.29 is 28.5 Å². The molecule has 3 rings (SSSR count). The largest absolute Gasteiger partial charge is 0.493 e. The van der Waals surface area contributed by atoms with Gasteiger partial charge in [0.1, 0.15) is 13.2 Å².